The van der Waals surface area contributed by atoms with Crippen LogP contribution in [0.2, 0.25) is 5.02 Å². The van der Waals surface area contributed by atoms with Gasteiger partial charge in [-0.1, -0.05) is 57.9 Å². The number of nitrogens with one attached hydrogen (secondary N) is 1. The second-order valence-corrected chi connectivity index (χ2v) is 8.68. The van der Waals surface area contributed by atoms with E-state index in [4.69, 9.17) is 16.3 Å². The number of ether oxygens (including phenoxy) is 1. The molecule has 1 N–H and O–H groups in total. The molecule has 0 fully saturated rings. The molecule has 1 aromatic heterocycles. The van der Waals surface area contributed by atoms with Gasteiger partial charge in [-0.3, -0.25) is 4.79 Å². The van der Waals surface area contributed by atoms with E-state index in [1.165, 1.54) is 7.11 Å². The summed E-state index contributed by atoms with van der Waals surface area (Å²) in [5, 5.41) is 13.8. The van der Waals surface area contributed by atoms with Crippen LogP contribution in [0.5, 0.6) is 5.75 Å². The highest BCUT2D eigenvalue weighted by Crippen LogP contribution is 2.29. The monoisotopic (exact) mass is 519 g/mol. The number of methoxy groups -OCH3 is 1. The van der Waals surface area contributed by atoms with Crippen LogP contribution in [0.3, 0.4) is 0 Å². The van der Waals surface area contributed by atoms with E-state index in [1.807, 2.05) is 48.7 Å². The Morgan fingerprint density at radius 2 is 1.94 bits per heavy atom. The number of aromatic nitrogens is 1. The number of carbonyl (C=O) groups excluding carboxylic acids is 1. The molecular weight excluding hydrogens is 502 g/mol. The van der Waals surface area contributed by atoms with E-state index in [0.717, 1.165) is 26.5 Å². The summed E-state index contributed by atoms with van der Waals surface area (Å²) in [6, 6.07) is 22.9. The van der Waals surface area contributed by atoms with E-state index in [-0.39, 0.29) is 5.57 Å². The maximum atomic E-state index is 12.9. The standard InChI is InChI=1S/C26H19BrClN3O2/c1-33-25-11-10-21(28)13-23(25)30-26(32)18(14-29)12-19-16-31(24-5-3-2-4-22(19)24)15-17-6-8-20(27)9-7-17/h2-13,16H,15H2,1H3,(H,30,32)/b18-12+. The number of hydrogen-bond donors (Lipinski definition) is 1. The van der Waals surface area contributed by atoms with Gasteiger partial charge in [0.15, 0.2) is 0 Å². The van der Waals surface area contributed by atoms with Crippen LogP contribution >= 0.6 is 27.5 Å². The number of carbonyl (C=O) groups is 1. The minimum absolute atomic E-state index is 0.0245. The molecule has 0 saturated carbocycles. The zero-order valence-electron chi connectivity index (χ0n) is 17.7. The first-order valence-electron chi connectivity index (χ1n) is 10.1. The Labute approximate surface area is 205 Å². The van der Waals surface area contributed by atoms with E-state index in [0.29, 0.717) is 23.0 Å². The second-order valence-electron chi connectivity index (χ2n) is 7.32. The average molecular weight is 521 g/mol. The molecule has 7 heteroatoms. The highest BCUT2D eigenvalue weighted by Gasteiger charge is 2.15. The van der Waals surface area contributed by atoms with Gasteiger partial charge in [-0.2, -0.15) is 5.26 Å². The van der Waals surface area contributed by atoms with Gasteiger partial charge in [-0.15, -0.1) is 0 Å². The number of fused-ring (bicyclic) bond motifs is 1. The number of amides is 1. The number of para-hydroxylation sites is 1. The molecule has 0 radical (unpaired) electrons. The van der Waals surface area contributed by atoms with Crippen LogP contribution in [0, 0.1) is 11.3 Å². The van der Waals surface area contributed by atoms with E-state index >= 15 is 0 Å². The Kier molecular flexibility index (Phi) is 6.83. The zero-order valence-corrected chi connectivity index (χ0v) is 20.0. The van der Waals surface area contributed by atoms with Crippen molar-refractivity contribution >= 4 is 56.1 Å². The molecule has 0 spiro atoms. The minimum Gasteiger partial charge on any atom is -0.495 e. The molecule has 1 amide bonds. The van der Waals surface area contributed by atoms with Gasteiger partial charge in [0.2, 0.25) is 0 Å². The first-order chi connectivity index (χ1) is 16.0. The molecule has 0 saturated heterocycles. The molecule has 33 heavy (non-hydrogen) atoms. The summed E-state index contributed by atoms with van der Waals surface area (Å²) in [7, 11) is 1.50. The molecule has 0 atom stereocenters. The lowest BCUT2D eigenvalue weighted by Crippen LogP contribution is -2.14. The van der Waals surface area contributed by atoms with E-state index in [9.17, 15) is 10.1 Å². The molecule has 0 bridgehead atoms. The predicted octanol–water partition coefficient (Wildman–Crippen LogP) is 6.66. The first-order valence-corrected chi connectivity index (χ1v) is 11.2. The maximum absolute atomic E-state index is 12.9. The molecule has 4 aromatic rings. The van der Waals surface area contributed by atoms with Crippen LogP contribution in [-0.2, 0) is 11.3 Å². The minimum atomic E-state index is -0.539. The maximum Gasteiger partial charge on any atom is 0.266 e. The number of nitriles is 1. The highest BCUT2D eigenvalue weighted by atomic mass is 79.9. The second kappa shape index (κ2) is 9.95. The molecule has 0 aliphatic heterocycles. The fourth-order valence-corrected chi connectivity index (χ4v) is 4.02. The van der Waals surface area contributed by atoms with Gasteiger partial charge in [0.1, 0.15) is 17.4 Å². The third kappa shape index (κ3) is 5.11. The van der Waals surface area contributed by atoms with Crippen LogP contribution < -0.4 is 10.1 Å². The zero-order chi connectivity index (χ0) is 23.4. The van der Waals surface area contributed by atoms with Crippen molar-refractivity contribution in [2.45, 2.75) is 6.54 Å². The lowest BCUT2D eigenvalue weighted by atomic mass is 10.1. The Morgan fingerprint density at radius 1 is 1.18 bits per heavy atom. The highest BCUT2D eigenvalue weighted by molar-refractivity contribution is 9.10. The normalized spacial score (nSPS) is 11.3. The van der Waals surface area contributed by atoms with Gasteiger partial charge < -0.3 is 14.6 Å². The van der Waals surface area contributed by atoms with Crippen molar-refractivity contribution in [2.75, 3.05) is 12.4 Å². The predicted molar refractivity (Wildman–Crippen MR) is 135 cm³/mol. The third-order valence-corrected chi connectivity index (χ3v) is 5.92. The van der Waals surface area contributed by atoms with Gasteiger partial charge in [0.25, 0.3) is 5.91 Å². The molecule has 1 heterocycles. The van der Waals surface area contributed by atoms with Crippen molar-refractivity contribution in [3.05, 3.63) is 99.1 Å². The van der Waals surface area contributed by atoms with E-state index in [2.05, 4.69) is 37.9 Å². The Hall–Kier alpha value is -3.53. The lowest BCUT2D eigenvalue weighted by molar-refractivity contribution is -0.112. The molecular formula is C26H19BrClN3O2. The number of benzene rings is 3. The molecule has 0 aliphatic rings. The van der Waals surface area contributed by atoms with Gasteiger partial charge in [-0.05, 0) is 48.0 Å². The Morgan fingerprint density at radius 3 is 2.67 bits per heavy atom. The quantitative estimate of drug-likeness (QED) is 0.228. The Bertz CT molecular complexity index is 1400. The van der Waals surface area contributed by atoms with E-state index in [1.54, 1.807) is 24.3 Å². The number of anilines is 1. The van der Waals surface area contributed by atoms with Crippen LogP contribution in [0.1, 0.15) is 11.1 Å². The molecule has 0 aliphatic carbocycles. The fourth-order valence-electron chi connectivity index (χ4n) is 3.58. The molecule has 5 nitrogen and oxygen atoms in total. The molecule has 0 unspecified atom stereocenters. The molecule has 4 rings (SSSR count). The van der Waals surface area contributed by atoms with Crippen LogP contribution in [0.25, 0.3) is 17.0 Å². The van der Waals surface area contributed by atoms with Crippen LogP contribution in [-0.4, -0.2) is 17.6 Å². The summed E-state index contributed by atoms with van der Waals surface area (Å²) in [5.74, 6) is -0.0843. The summed E-state index contributed by atoms with van der Waals surface area (Å²) < 4.78 is 8.41. The van der Waals surface area contributed by atoms with Crippen molar-refractivity contribution in [2.24, 2.45) is 0 Å². The van der Waals surface area contributed by atoms with Crippen LogP contribution in [0.15, 0.2) is 83.0 Å². The smallest absolute Gasteiger partial charge is 0.266 e. The summed E-state index contributed by atoms with van der Waals surface area (Å²) in [4.78, 5) is 12.9. The van der Waals surface area contributed by atoms with E-state index < -0.39 is 5.91 Å². The topological polar surface area (TPSA) is 67.0 Å². The summed E-state index contributed by atoms with van der Waals surface area (Å²) >= 11 is 9.51. The fraction of sp³-hybridized carbons (Fsp3) is 0.0769. The average Bonchev–Trinajstić information content (AvgIpc) is 3.16. The van der Waals surface area contributed by atoms with Crippen molar-refractivity contribution < 1.29 is 9.53 Å². The number of halogens is 2. The van der Waals surface area contributed by atoms with Gasteiger partial charge >= 0.3 is 0 Å². The third-order valence-electron chi connectivity index (χ3n) is 5.16. The SMILES string of the molecule is COc1ccc(Cl)cc1NC(=O)/C(C#N)=C/c1cn(Cc2ccc(Br)cc2)c2ccccc12. The van der Waals surface area contributed by atoms with Gasteiger partial charge in [0, 0.05) is 38.7 Å². The van der Waals surface area contributed by atoms with Gasteiger partial charge in [0.05, 0.1) is 12.8 Å². The molecule has 3 aromatic carbocycles. The largest absolute Gasteiger partial charge is 0.495 e. The van der Waals surface area contributed by atoms with Gasteiger partial charge in [-0.25, -0.2) is 0 Å². The van der Waals surface area contributed by atoms with Crippen molar-refractivity contribution in [3.8, 4) is 11.8 Å². The summed E-state index contributed by atoms with van der Waals surface area (Å²) in [6.45, 7) is 0.662. The lowest BCUT2D eigenvalue weighted by Gasteiger charge is -2.10. The number of nitrogens with zero attached hydrogens (tertiary/aromatic N) is 2. The summed E-state index contributed by atoms with van der Waals surface area (Å²) in [6.07, 6.45) is 3.56. The van der Waals surface area contributed by atoms with Crippen molar-refractivity contribution in [3.63, 3.8) is 0 Å². The Balaban J connectivity index is 1.68. The number of hydrogen-bond acceptors (Lipinski definition) is 3. The summed E-state index contributed by atoms with van der Waals surface area (Å²) in [5.41, 5.74) is 3.31. The number of rotatable bonds is 6. The van der Waals surface area contributed by atoms with Crippen LogP contribution in [0.4, 0.5) is 5.69 Å². The van der Waals surface area contributed by atoms with Crippen molar-refractivity contribution in [1.29, 1.82) is 5.26 Å². The first kappa shape index (κ1) is 22.7. The molecule has 164 valence electrons. The van der Waals surface area contributed by atoms with Crippen molar-refractivity contribution in [1.82, 2.24) is 4.57 Å².